The molecule has 2 heterocycles. The fourth-order valence-electron chi connectivity index (χ4n) is 3.53. The third-order valence-corrected chi connectivity index (χ3v) is 4.88. The van der Waals surface area contributed by atoms with E-state index in [4.69, 9.17) is 0 Å². The quantitative estimate of drug-likeness (QED) is 0.928. The van der Waals surface area contributed by atoms with Crippen molar-refractivity contribution >= 4 is 11.6 Å². The average molecular weight is 290 g/mol. The van der Waals surface area contributed by atoms with Gasteiger partial charge in [-0.25, -0.2) is 4.39 Å². The molecule has 3 nitrogen and oxygen atoms in total. The second kappa shape index (κ2) is 6.14. The molecule has 1 saturated heterocycles. The SMILES string of the molecule is CC(CC(=O)N1CCc2ccc(F)cc21)C1CCCNC1. The molecule has 1 aromatic rings. The molecule has 0 bridgehead atoms. The predicted molar refractivity (Wildman–Crippen MR) is 81.8 cm³/mol. The van der Waals surface area contributed by atoms with E-state index < -0.39 is 0 Å². The van der Waals surface area contributed by atoms with E-state index in [0.717, 1.165) is 30.8 Å². The van der Waals surface area contributed by atoms with E-state index in [1.807, 2.05) is 0 Å². The number of hydrogen-bond acceptors (Lipinski definition) is 2. The third kappa shape index (κ3) is 3.10. The lowest BCUT2D eigenvalue weighted by molar-refractivity contribution is -0.119. The summed E-state index contributed by atoms with van der Waals surface area (Å²) in [5.41, 5.74) is 1.85. The summed E-state index contributed by atoms with van der Waals surface area (Å²) >= 11 is 0. The number of benzene rings is 1. The van der Waals surface area contributed by atoms with Gasteiger partial charge in [-0.15, -0.1) is 0 Å². The zero-order valence-corrected chi connectivity index (χ0v) is 12.6. The normalized spacial score (nSPS) is 23.0. The van der Waals surface area contributed by atoms with Crippen LogP contribution in [0.25, 0.3) is 0 Å². The number of carbonyl (C=O) groups is 1. The van der Waals surface area contributed by atoms with Gasteiger partial charge in [0.25, 0.3) is 0 Å². The van der Waals surface area contributed by atoms with Gasteiger partial charge in [-0.1, -0.05) is 13.0 Å². The Bertz CT molecular complexity index is 526. The van der Waals surface area contributed by atoms with Crippen molar-refractivity contribution in [3.05, 3.63) is 29.6 Å². The monoisotopic (exact) mass is 290 g/mol. The molecule has 2 unspecified atom stereocenters. The van der Waals surface area contributed by atoms with Gasteiger partial charge in [0.1, 0.15) is 5.82 Å². The number of rotatable bonds is 3. The number of amides is 1. The van der Waals surface area contributed by atoms with E-state index in [9.17, 15) is 9.18 Å². The Morgan fingerprint density at radius 3 is 3.14 bits per heavy atom. The molecule has 0 aliphatic carbocycles. The van der Waals surface area contributed by atoms with Crippen LogP contribution in [0.2, 0.25) is 0 Å². The Morgan fingerprint density at radius 1 is 1.52 bits per heavy atom. The molecule has 0 radical (unpaired) electrons. The number of nitrogens with one attached hydrogen (secondary N) is 1. The number of carbonyl (C=O) groups excluding carboxylic acids is 1. The highest BCUT2D eigenvalue weighted by Crippen LogP contribution is 2.31. The number of nitrogens with zero attached hydrogens (tertiary/aromatic N) is 1. The van der Waals surface area contributed by atoms with Crippen molar-refractivity contribution in [1.29, 1.82) is 0 Å². The van der Waals surface area contributed by atoms with Gasteiger partial charge in [0, 0.05) is 18.7 Å². The van der Waals surface area contributed by atoms with Crippen LogP contribution in [0.5, 0.6) is 0 Å². The van der Waals surface area contributed by atoms with Gasteiger partial charge >= 0.3 is 0 Å². The second-order valence-electron chi connectivity index (χ2n) is 6.36. The van der Waals surface area contributed by atoms with Crippen molar-refractivity contribution < 1.29 is 9.18 Å². The van der Waals surface area contributed by atoms with Crippen LogP contribution in [0.3, 0.4) is 0 Å². The first-order chi connectivity index (χ1) is 10.1. The summed E-state index contributed by atoms with van der Waals surface area (Å²) in [6, 6.07) is 4.77. The van der Waals surface area contributed by atoms with Gasteiger partial charge in [0.15, 0.2) is 0 Å². The fourth-order valence-corrected chi connectivity index (χ4v) is 3.53. The average Bonchev–Trinajstić information content (AvgIpc) is 2.91. The first-order valence-electron chi connectivity index (χ1n) is 7.94. The zero-order valence-electron chi connectivity index (χ0n) is 12.6. The molecule has 4 heteroatoms. The van der Waals surface area contributed by atoms with E-state index >= 15 is 0 Å². The predicted octanol–water partition coefficient (Wildman–Crippen LogP) is 2.74. The Morgan fingerprint density at radius 2 is 2.38 bits per heavy atom. The van der Waals surface area contributed by atoms with Crippen LogP contribution in [0.4, 0.5) is 10.1 Å². The maximum absolute atomic E-state index is 13.4. The number of piperidine rings is 1. The van der Waals surface area contributed by atoms with E-state index in [-0.39, 0.29) is 11.7 Å². The molecule has 2 aliphatic heterocycles. The molecule has 3 rings (SSSR count). The number of hydrogen-bond donors (Lipinski definition) is 1. The van der Waals surface area contributed by atoms with Crippen molar-refractivity contribution in [2.45, 2.75) is 32.6 Å². The molecule has 2 aliphatic rings. The van der Waals surface area contributed by atoms with Gasteiger partial charge in [-0.05, 0) is 61.9 Å². The largest absolute Gasteiger partial charge is 0.316 e. The Hall–Kier alpha value is -1.42. The van der Waals surface area contributed by atoms with Crippen molar-refractivity contribution in [3.8, 4) is 0 Å². The lowest BCUT2D eigenvalue weighted by atomic mass is 9.85. The van der Waals surface area contributed by atoms with Gasteiger partial charge in [-0.3, -0.25) is 4.79 Å². The first-order valence-corrected chi connectivity index (χ1v) is 7.94. The summed E-state index contributed by atoms with van der Waals surface area (Å²) in [5, 5.41) is 3.41. The maximum atomic E-state index is 13.4. The molecule has 0 saturated carbocycles. The minimum atomic E-state index is -0.266. The molecule has 0 aromatic heterocycles. The lowest BCUT2D eigenvalue weighted by Crippen LogP contribution is -2.36. The van der Waals surface area contributed by atoms with Crippen LogP contribution in [-0.4, -0.2) is 25.5 Å². The molecule has 1 N–H and O–H groups in total. The number of halogens is 1. The minimum absolute atomic E-state index is 0.137. The number of fused-ring (bicyclic) bond motifs is 1. The number of anilines is 1. The summed E-state index contributed by atoms with van der Waals surface area (Å²) in [4.78, 5) is 14.3. The highest BCUT2D eigenvalue weighted by Gasteiger charge is 2.28. The standard InChI is InChI=1S/C17H23FN2O/c1-12(14-3-2-7-19-11-14)9-17(21)20-8-6-13-4-5-15(18)10-16(13)20/h4-5,10,12,14,19H,2-3,6-9,11H2,1H3. The zero-order chi connectivity index (χ0) is 14.8. The maximum Gasteiger partial charge on any atom is 0.227 e. The van der Waals surface area contributed by atoms with E-state index in [1.165, 1.54) is 25.0 Å². The highest BCUT2D eigenvalue weighted by atomic mass is 19.1. The fraction of sp³-hybridized carbons (Fsp3) is 0.588. The van der Waals surface area contributed by atoms with Crippen molar-refractivity contribution in [2.75, 3.05) is 24.5 Å². The summed E-state index contributed by atoms with van der Waals surface area (Å²) in [6.07, 6.45) is 3.79. The highest BCUT2D eigenvalue weighted by molar-refractivity contribution is 5.95. The van der Waals surface area contributed by atoms with E-state index in [0.29, 0.717) is 24.8 Å². The summed E-state index contributed by atoms with van der Waals surface area (Å²) in [7, 11) is 0. The molecule has 114 valence electrons. The molecular formula is C17H23FN2O. The molecular weight excluding hydrogens is 267 g/mol. The smallest absolute Gasteiger partial charge is 0.227 e. The molecule has 0 spiro atoms. The van der Waals surface area contributed by atoms with Crippen LogP contribution >= 0.6 is 0 Å². The summed E-state index contributed by atoms with van der Waals surface area (Å²) < 4.78 is 13.4. The summed E-state index contributed by atoms with van der Waals surface area (Å²) in [6.45, 7) is 4.96. The van der Waals surface area contributed by atoms with Crippen molar-refractivity contribution in [2.24, 2.45) is 11.8 Å². The topological polar surface area (TPSA) is 32.3 Å². The van der Waals surface area contributed by atoms with Crippen LogP contribution < -0.4 is 10.2 Å². The van der Waals surface area contributed by atoms with Gasteiger partial charge in [0.2, 0.25) is 5.91 Å². The lowest BCUT2D eigenvalue weighted by Gasteiger charge is -2.29. The minimum Gasteiger partial charge on any atom is -0.316 e. The van der Waals surface area contributed by atoms with Crippen LogP contribution in [-0.2, 0) is 11.2 Å². The van der Waals surface area contributed by atoms with E-state index in [1.54, 1.807) is 11.0 Å². The van der Waals surface area contributed by atoms with Crippen molar-refractivity contribution in [1.82, 2.24) is 5.32 Å². The van der Waals surface area contributed by atoms with Crippen LogP contribution in [0.1, 0.15) is 31.7 Å². The molecule has 1 fully saturated rings. The van der Waals surface area contributed by atoms with Crippen LogP contribution in [0.15, 0.2) is 18.2 Å². The molecule has 2 atom stereocenters. The first kappa shape index (κ1) is 14.5. The summed E-state index contributed by atoms with van der Waals surface area (Å²) in [5.74, 6) is 0.829. The van der Waals surface area contributed by atoms with Crippen molar-refractivity contribution in [3.63, 3.8) is 0 Å². The van der Waals surface area contributed by atoms with Gasteiger partial charge in [0.05, 0.1) is 0 Å². The molecule has 1 aromatic carbocycles. The Labute approximate surface area is 125 Å². The van der Waals surface area contributed by atoms with Crippen LogP contribution in [0, 0.1) is 17.7 Å². The third-order valence-electron chi connectivity index (χ3n) is 4.88. The van der Waals surface area contributed by atoms with Gasteiger partial charge < -0.3 is 10.2 Å². The van der Waals surface area contributed by atoms with Gasteiger partial charge in [-0.2, -0.15) is 0 Å². The Kier molecular flexibility index (Phi) is 4.24. The second-order valence-corrected chi connectivity index (χ2v) is 6.36. The van der Waals surface area contributed by atoms with E-state index in [2.05, 4.69) is 12.2 Å². The molecule has 1 amide bonds. The Balaban J connectivity index is 1.65. The molecule has 21 heavy (non-hydrogen) atoms.